The van der Waals surface area contributed by atoms with E-state index in [0.717, 1.165) is 26.4 Å². The lowest BCUT2D eigenvalue weighted by molar-refractivity contribution is 0.0601. The van der Waals surface area contributed by atoms with Crippen LogP contribution in [0.3, 0.4) is 0 Å². The molecule has 0 heterocycles. The van der Waals surface area contributed by atoms with Crippen molar-refractivity contribution < 1.29 is 27.2 Å². The molecule has 16 heavy (non-hydrogen) atoms. The average Bonchev–Trinajstić information content (AvgIpc) is 2.26. The van der Waals surface area contributed by atoms with Crippen molar-refractivity contribution >= 4 is 18.4 Å². The number of benzene rings is 1. The minimum absolute atomic E-state index is 0.155. The first-order valence-electron chi connectivity index (χ1n) is 4.36. The summed E-state index contributed by atoms with van der Waals surface area (Å²) in [5, 5.41) is 0. The Morgan fingerprint density at radius 2 is 1.88 bits per heavy atom. The minimum atomic E-state index is -5.23. The molecule has 0 amide bonds. The van der Waals surface area contributed by atoms with Crippen molar-refractivity contribution in [2.45, 2.75) is 0 Å². The van der Waals surface area contributed by atoms with Crippen LogP contribution in [0.4, 0.5) is 12.9 Å². The summed E-state index contributed by atoms with van der Waals surface area (Å²) in [6, 6.07) is 3.04. The van der Waals surface area contributed by atoms with Gasteiger partial charge in [0.15, 0.2) is 0 Å². The Bertz CT molecular complexity index is 403. The highest BCUT2D eigenvalue weighted by Gasteiger charge is 2.30. The molecule has 0 radical (unpaired) electrons. The number of hydrogen-bond donors (Lipinski definition) is 0. The van der Waals surface area contributed by atoms with Crippen molar-refractivity contribution in [2.75, 3.05) is 14.2 Å². The minimum Gasteiger partial charge on any atom is -0.500 e. The smallest absolute Gasteiger partial charge is 0.500 e. The van der Waals surface area contributed by atoms with Crippen molar-refractivity contribution in [3.8, 4) is 5.75 Å². The molecule has 3 nitrogen and oxygen atoms in total. The molecule has 7 heteroatoms. The molecule has 1 aromatic carbocycles. The molecular formula is C9H9BF3O3-. The van der Waals surface area contributed by atoms with Crippen LogP contribution in [0.25, 0.3) is 0 Å². The summed E-state index contributed by atoms with van der Waals surface area (Å²) in [4.78, 5) is 11.1. The molecule has 0 saturated carbocycles. The number of rotatable bonds is 3. The Kier molecular flexibility index (Phi) is 3.46. The zero-order valence-electron chi connectivity index (χ0n) is 8.67. The maximum Gasteiger partial charge on any atom is 0.513 e. The summed E-state index contributed by atoms with van der Waals surface area (Å²) in [7, 11) is 2.24. The van der Waals surface area contributed by atoms with E-state index in [1.54, 1.807) is 0 Å². The Hall–Kier alpha value is -1.66. The highest BCUT2D eigenvalue weighted by molar-refractivity contribution is 6.74. The number of methoxy groups -OCH3 is 2. The summed E-state index contributed by atoms with van der Waals surface area (Å²) in [5.41, 5.74) is -1.09. The van der Waals surface area contributed by atoms with Gasteiger partial charge < -0.3 is 22.4 Å². The number of carbonyl (C=O) groups is 1. The molecule has 0 aliphatic rings. The molecule has 0 saturated heterocycles. The van der Waals surface area contributed by atoms with Crippen LogP contribution < -0.4 is 10.2 Å². The van der Waals surface area contributed by atoms with Gasteiger partial charge in [-0.1, -0.05) is 11.5 Å². The van der Waals surface area contributed by atoms with E-state index in [1.807, 2.05) is 0 Å². The standard InChI is InChI=1S/C9H9BF3O3/c1-15-8-4-3-6(9(14)16-2)5-7(8)10(11,12)13/h3-5H,1-2H3/q-1. The molecule has 0 aliphatic heterocycles. The Morgan fingerprint density at radius 1 is 1.25 bits per heavy atom. The van der Waals surface area contributed by atoms with Crippen LogP contribution in [0.5, 0.6) is 5.75 Å². The highest BCUT2D eigenvalue weighted by Crippen LogP contribution is 2.19. The van der Waals surface area contributed by atoms with E-state index in [0.29, 0.717) is 0 Å². The lowest BCUT2D eigenvalue weighted by Crippen LogP contribution is -2.35. The fourth-order valence-electron chi connectivity index (χ4n) is 1.23. The van der Waals surface area contributed by atoms with Gasteiger partial charge in [0.2, 0.25) is 0 Å². The van der Waals surface area contributed by atoms with Gasteiger partial charge in [-0.25, -0.2) is 4.79 Å². The zero-order chi connectivity index (χ0) is 12.3. The summed E-state index contributed by atoms with van der Waals surface area (Å²) in [5.74, 6) is -1.12. The molecule has 0 bridgehead atoms. The predicted molar refractivity (Wildman–Crippen MR) is 53.0 cm³/mol. The van der Waals surface area contributed by atoms with Crippen LogP contribution in [-0.2, 0) is 4.74 Å². The second-order valence-corrected chi connectivity index (χ2v) is 3.02. The first-order chi connectivity index (χ1) is 7.40. The topological polar surface area (TPSA) is 35.5 Å². The van der Waals surface area contributed by atoms with Gasteiger partial charge in [-0.3, -0.25) is 0 Å². The largest absolute Gasteiger partial charge is 0.513 e. The number of hydrogen-bond acceptors (Lipinski definition) is 3. The van der Waals surface area contributed by atoms with E-state index < -0.39 is 18.4 Å². The predicted octanol–water partition coefficient (Wildman–Crippen LogP) is 1.54. The quantitative estimate of drug-likeness (QED) is 0.586. The first-order valence-corrected chi connectivity index (χ1v) is 4.36. The molecule has 1 rings (SSSR count). The monoisotopic (exact) mass is 233 g/mol. The van der Waals surface area contributed by atoms with Crippen LogP contribution in [0.15, 0.2) is 18.2 Å². The van der Waals surface area contributed by atoms with Crippen LogP contribution in [-0.4, -0.2) is 27.2 Å². The van der Waals surface area contributed by atoms with Gasteiger partial charge in [0.25, 0.3) is 0 Å². The maximum atomic E-state index is 12.6. The van der Waals surface area contributed by atoms with E-state index in [-0.39, 0.29) is 11.3 Å². The SMILES string of the molecule is COC(=O)c1ccc(OC)c([B-](F)(F)F)c1. The molecule has 0 aromatic heterocycles. The molecule has 0 atom stereocenters. The molecular weight excluding hydrogens is 224 g/mol. The third kappa shape index (κ3) is 2.47. The van der Waals surface area contributed by atoms with E-state index in [1.165, 1.54) is 6.07 Å². The Balaban J connectivity index is 3.27. The third-order valence-electron chi connectivity index (χ3n) is 2.00. The molecule has 1 aromatic rings. The lowest BCUT2D eigenvalue weighted by atomic mass is 9.78. The fourth-order valence-corrected chi connectivity index (χ4v) is 1.23. The molecule has 0 N–H and O–H groups in total. The zero-order valence-corrected chi connectivity index (χ0v) is 8.67. The van der Waals surface area contributed by atoms with Crippen molar-refractivity contribution in [3.05, 3.63) is 23.8 Å². The molecule has 0 unspecified atom stereocenters. The van der Waals surface area contributed by atoms with E-state index in [4.69, 9.17) is 0 Å². The van der Waals surface area contributed by atoms with E-state index >= 15 is 0 Å². The number of carbonyl (C=O) groups excluding carboxylic acids is 1. The van der Waals surface area contributed by atoms with E-state index in [9.17, 15) is 17.7 Å². The maximum absolute atomic E-state index is 12.6. The van der Waals surface area contributed by atoms with Gasteiger partial charge in [-0.15, -0.1) is 0 Å². The number of ether oxygens (including phenoxy) is 2. The van der Waals surface area contributed by atoms with Crippen molar-refractivity contribution in [2.24, 2.45) is 0 Å². The Labute approximate surface area is 90.2 Å². The van der Waals surface area contributed by atoms with Crippen LogP contribution >= 0.6 is 0 Å². The van der Waals surface area contributed by atoms with Crippen LogP contribution in [0, 0.1) is 0 Å². The summed E-state index contributed by atoms with van der Waals surface area (Å²) >= 11 is 0. The first kappa shape index (κ1) is 12.4. The van der Waals surface area contributed by atoms with Crippen molar-refractivity contribution in [1.82, 2.24) is 0 Å². The van der Waals surface area contributed by atoms with Gasteiger partial charge in [0.05, 0.1) is 25.5 Å². The second kappa shape index (κ2) is 4.46. The van der Waals surface area contributed by atoms with Crippen LogP contribution in [0.2, 0.25) is 0 Å². The normalized spacial score (nSPS) is 11.1. The van der Waals surface area contributed by atoms with Crippen LogP contribution in [0.1, 0.15) is 10.4 Å². The van der Waals surface area contributed by atoms with Crippen molar-refractivity contribution in [3.63, 3.8) is 0 Å². The summed E-state index contributed by atoms with van der Waals surface area (Å²) in [6.07, 6.45) is 0. The van der Waals surface area contributed by atoms with Gasteiger partial charge in [-0.2, -0.15) is 0 Å². The third-order valence-corrected chi connectivity index (χ3v) is 2.00. The Morgan fingerprint density at radius 3 is 2.31 bits per heavy atom. The van der Waals surface area contributed by atoms with Gasteiger partial charge in [0.1, 0.15) is 0 Å². The molecule has 0 spiro atoms. The fraction of sp³-hybridized carbons (Fsp3) is 0.222. The summed E-state index contributed by atoms with van der Waals surface area (Å²) in [6.45, 7) is -5.23. The molecule has 0 fully saturated rings. The molecule has 88 valence electrons. The van der Waals surface area contributed by atoms with Gasteiger partial charge >= 0.3 is 12.9 Å². The van der Waals surface area contributed by atoms with Gasteiger partial charge in [-0.05, 0) is 12.1 Å². The number of halogens is 3. The average molecular weight is 233 g/mol. The lowest BCUT2D eigenvalue weighted by Gasteiger charge is -2.19. The number of esters is 1. The molecule has 0 aliphatic carbocycles. The summed E-state index contributed by atoms with van der Waals surface area (Å²) < 4.78 is 46.8. The van der Waals surface area contributed by atoms with Crippen molar-refractivity contribution in [1.29, 1.82) is 0 Å². The van der Waals surface area contributed by atoms with E-state index in [2.05, 4.69) is 9.47 Å². The second-order valence-electron chi connectivity index (χ2n) is 3.02. The van der Waals surface area contributed by atoms with Gasteiger partial charge in [0, 0.05) is 0 Å². The highest BCUT2D eigenvalue weighted by atomic mass is 19.4.